The summed E-state index contributed by atoms with van der Waals surface area (Å²) in [6.07, 6.45) is 3.72. The zero-order valence-electron chi connectivity index (χ0n) is 11.2. The van der Waals surface area contributed by atoms with Gasteiger partial charge in [0.2, 0.25) is 5.78 Å². The third kappa shape index (κ3) is 2.26. The lowest BCUT2D eigenvalue weighted by atomic mass is 9.82. The van der Waals surface area contributed by atoms with Crippen molar-refractivity contribution in [3.05, 3.63) is 28.8 Å². The summed E-state index contributed by atoms with van der Waals surface area (Å²) in [4.78, 5) is 11.7. The molecule has 0 radical (unpaired) electrons. The lowest BCUT2D eigenvalue weighted by Crippen LogP contribution is -2.23. The molecule has 2 atom stereocenters. The first-order valence-corrected chi connectivity index (χ1v) is 7.09. The highest BCUT2D eigenvalue weighted by Gasteiger charge is 2.30. The van der Waals surface area contributed by atoms with Gasteiger partial charge in [0.15, 0.2) is 6.61 Å². The maximum absolute atomic E-state index is 14.0. The van der Waals surface area contributed by atoms with Crippen LogP contribution in [0.15, 0.2) is 12.1 Å². The molecular weight excluding hydrogens is 243 g/mol. The summed E-state index contributed by atoms with van der Waals surface area (Å²) in [6, 6.07) is 3.79. The zero-order valence-corrected chi connectivity index (χ0v) is 11.2. The van der Waals surface area contributed by atoms with E-state index < -0.39 is 6.17 Å². The minimum Gasteiger partial charge on any atom is -0.484 e. The average molecular weight is 262 g/mol. The first kappa shape index (κ1) is 12.6. The predicted octanol–water partition coefficient (Wildman–Crippen LogP) is 3.64. The first-order chi connectivity index (χ1) is 9.16. The highest BCUT2D eigenvalue weighted by molar-refractivity contribution is 6.02. The predicted molar refractivity (Wildman–Crippen MR) is 71.6 cm³/mol. The summed E-state index contributed by atoms with van der Waals surface area (Å²) in [7, 11) is 0. The molecule has 1 aromatic rings. The van der Waals surface area contributed by atoms with E-state index in [1.165, 1.54) is 0 Å². The van der Waals surface area contributed by atoms with Gasteiger partial charge in [0.05, 0.1) is 5.56 Å². The Morgan fingerprint density at radius 2 is 2.11 bits per heavy atom. The second-order valence-electron chi connectivity index (χ2n) is 5.71. The molecule has 1 aliphatic carbocycles. The minimum atomic E-state index is -0.707. The number of alkyl halides is 1. The second-order valence-corrected chi connectivity index (χ2v) is 5.71. The van der Waals surface area contributed by atoms with Crippen molar-refractivity contribution in [2.24, 2.45) is 5.92 Å². The van der Waals surface area contributed by atoms with Crippen LogP contribution in [0.4, 0.5) is 4.39 Å². The smallest absolute Gasteiger partial charge is 0.203 e. The molecule has 1 aliphatic heterocycles. The molecule has 2 nitrogen and oxygen atoms in total. The fraction of sp³-hybridized carbons (Fsp3) is 0.562. The number of hydrogen-bond acceptors (Lipinski definition) is 2. The van der Waals surface area contributed by atoms with Crippen molar-refractivity contribution in [1.82, 2.24) is 0 Å². The molecule has 0 N–H and O–H groups in total. The van der Waals surface area contributed by atoms with Gasteiger partial charge < -0.3 is 4.74 Å². The molecule has 0 aromatic heterocycles. The summed E-state index contributed by atoms with van der Waals surface area (Å²) in [6.45, 7) is 2.15. The van der Waals surface area contributed by atoms with Gasteiger partial charge in [0, 0.05) is 0 Å². The summed E-state index contributed by atoms with van der Waals surface area (Å²) < 4.78 is 19.5. The molecule has 2 aliphatic rings. The van der Waals surface area contributed by atoms with Crippen LogP contribution >= 0.6 is 0 Å². The van der Waals surface area contributed by atoms with Crippen LogP contribution in [0.5, 0.6) is 5.75 Å². The Bertz CT molecular complexity index is 510. The number of carbonyl (C=O) groups excluding carboxylic acids is 1. The maximum Gasteiger partial charge on any atom is 0.203 e. The number of rotatable bonds is 2. The van der Waals surface area contributed by atoms with Gasteiger partial charge in [0.1, 0.15) is 11.9 Å². The van der Waals surface area contributed by atoms with Crippen LogP contribution in [0, 0.1) is 12.8 Å². The van der Waals surface area contributed by atoms with Gasteiger partial charge in [-0.15, -0.1) is 0 Å². The molecule has 1 aromatic carbocycles. The van der Waals surface area contributed by atoms with Gasteiger partial charge in [-0.2, -0.15) is 0 Å². The van der Waals surface area contributed by atoms with Crippen molar-refractivity contribution in [2.75, 3.05) is 6.61 Å². The van der Waals surface area contributed by atoms with Crippen LogP contribution in [0.2, 0.25) is 0 Å². The van der Waals surface area contributed by atoms with Crippen molar-refractivity contribution in [2.45, 2.75) is 45.2 Å². The van der Waals surface area contributed by atoms with Crippen molar-refractivity contribution in [3.63, 3.8) is 0 Å². The fourth-order valence-electron chi connectivity index (χ4n) is 3.23. The number of aryl methyl sites for hydroxylation is 1. The van der Waals surface area contributed by atoms with Gasteiger partial charge in [-0.25, -0.2) is 4.39 Å². The van der Waals surface area contributed by atoms with Crippen molar-refractivity contribution < 1.29 is 13.9 Å². The Morgan fingerprint density at radius 1 is 1.32 bits per heavy atom. The van der Waals surface area contributed by atoms with E-state index in [1.54, 1.807) is 0 Å². The van der Waals surface area contributed by atoms with E-state index in [2.05, 4.69) is 0 Å². The molecule has 1 heterocycles. The number of hydrogen-bond donors (Lipinski definition) is 0. The Labute approximate surface area is 113 Å². The van der Waals surface area contributed by atoms with Crippen LogP contribution in [0.25, 0.3) is 0 Å². The van der Waals surface area contributed by atoms with Gasteiger partial charge in [-0.1, -0.05) is 18.9 Å². The molecule has 3 heteroatoms. The Hall–Kier alpha value is -1.38. The van der Waals surface area contributed by atoms with Crippen LogP contribution in [0.3, 0.4) is 0 Å². The maximum atomic E-state index is 14.0. The lowest BCUT2D eigenvalue weighted by molar-refractivity contribution is 0.0960. The minimum absolute atomic E-state index is 0.0386. The molecule has 102 valence electrons. The van der Waals surface area contributed by atoms with E-state index in [0.29, 0.717) is 24.2 Å². The molecule has 0 bridgehead atoms. The quantitative estimate of drug-likeness (QED) is 0.813. The number of ketones is 1. The Balaban J connectivity index is 1.90. The van der Waals surface area contributed by atoms with E-state index in [0.717, 1.165) is 30.4 Å². The molecule has 1 saturated carbocycles. The van der Waals surface area contributed by atoms with Crippen molar-refractivity contribution >= 4 is 5.78 Å². The highest BCUT2D eigenvalue weighted by Crippen LogP contribution is 2.37. The number of Topliss-reactive ketones (excluding diaryl/α,β-unsaturated/α-hetero) is 1. The number of ether oxygens (including phenoxy) is 1. The van der Waals surface area contributed by atoms with E-state index in [1.807, 2.05) is 19.1 Å². The Kier molecular flexibility index (Phi) is 3.29. The van der Waals surface area contributed by atoms with Crippen LogP contribution in [-0.4, -0.2) is 18.6 Å². The number of fused-ring (bicyclic) bond motifs is 1. The van der Waals surface area contributed by atoms with Crippen molar-refractivity contribution in [1.29, 1.82) is 0 Å². The third-order valence-corrected chi connectivity index (χ3v) is 4.43. The SMILES string of the molecule is Cc1ccc2c(c1CC1CCCC[C@H]1F)OCC2=O. The van der Waals surface area contributed by atoms with E-state index in [-0.39, 0.29) is 18.3 Å². The largest absolute Gasteiger partial charge is 0.484 e. The summed E-state index contributed by atoms with van der Waals surface area (Å²) >= 11 is 0. The standard InChI is InChI=1S/C16H19FO2/c1-10-6-7-12-15(18)9-19-16(12)13(10)8-11-4-2-3-5-14(11)17/h6-7,11,14H,2-5,8-9H2,1H3/t11?,14-/m1/s1. The monoisotopic (exact) mass is 262 g/mol. The second kappa shape index (κ2) is 4.95. The zero-order chi connectivity index (χ0) is 13.4. The Morgan fingerprint density at radius 3 is 2.89 bits per heavy atom. The lowest BCUT2D eigenvalue weighted by Gasteiger charge is -2.27. The van der Waals surface area contributed by atoms with Gasteiger partial charge in [0.25, 0.3) is 0 Å². The molecule has 3 rings (SSSR count). The van der Waals surface area contributed by atoms with Gasteiger partial charge >= 0.3 is 0 Å². The fourth-order valence-corrected chi connectivity index (χ4v) is 3.23. The summed E-state index contributed by atoms with van der Waals surface area (Å²) in [5.74, 6) is 0.831. The molecule has 19 heavy (non-hydrogen) atoms. The van der Waals surface area contributed by atoms with Crippen LogP contribution in [-0.2, 0) is 6.42 Å². The number of halogens is 1. The number of benzene rings is 1. The number of carbonyl (C=O) groups is 1. The third-order valence-electron chi connectivity index (χ3n) is 4.43. The molecule has 1 fully saturated rings. The van der Waals surface area contributed by atoms with Crippen LogP contribution in [0.1, 0.15) is 47.2 Å². The molecule has 0 saturated heterocycles. The van der Waals surface area contributed by atoms with E-state index >= 15 is 0 Å². The van der Waals surface area contributed by atoms with Crippen molar-refractivity contribution in [3.8, 4) is 5.75 Å². The molecule has 0 spiro atoms. The highest BCUT2D eigenvalue weighted by atomic mass is 19.1. The molecule has 1 unspecified atom stereocenters. The summed E-state index contributed by atoms with van der Waals surface area (Å²) in [5, 5.41) is 0. The normalized spacial score (nSPS) is 26.1. The molecular formula is C16H19FO2. The molecule has 0 amide bonds. The first-order valence-electron chi connectivity index (χ1n) is 7.09. The van der Waals surface area contributed by atoms with Crippen LogP contribution < -0.4 is 4.74 Å². The van der Waals surface area contributed by atoms with E-state index in [9.17, 15) is 9.18 Å². The van der Waals surface area contributed by atoms with Gasteiger partial charge in [-0.05, 0) is 49.3 Å². The van der Waals surface area contributed by atoms with Gasteiger partial charge in [-0.3, -0.25) is 4.79 Å². The summed E-state index contributed by atoms with van der Waals surface area (Å²) in [5.41, 5.74) is 2.82. The topological polar surface area (TPSA) is 26.3 Å². The average Bonchev–Trinajstić information content (AvgIpc) is 2.77. The van der Waals surface area contributed by atoms with E-state index in [4.69, 9.17) is 4.74 Å².